The lowest BCUT2D eigenvalue weighted by atomic mass is 10.2. The van der Waals surface area contributed by atoms with Crippen LogP contribution in [0.3, 0.4) is 0 Å². The summed E-state index contributed by atoms with van der Waals surface area (Å²) < 4.78 is 25.7. The molecule has 0 saturated heterocycles. The van der Waals surface area contributed by atoms with Gasteiger partial charge in [0.05, 0.1) is 30.5 Å². The van der Waals surface area contributed by atoms with E-state index in [1.165, 1.54) is 38.5 Å². The summed E-state index contributed by atoms with van der Waals surface area (Å²) in [5.74, 6) is 0.540. The summed E-state index contributed by atoms with van der Waals surface area (Å²) in [7, 11) is 2.91. The van der Waals surface area contributed by atoms with E-state index in [1.54, 1.807) is 6.07 Å². The van der Waals surface area contributed by atoms with Gasteiger partial charge in [0.2, 0.25) is 6.79 Å². The molecule has 0 fully saturated rings. The van der Waals surface area contributed by atoms with Gasteiger partial charge in [-0.1, -0.05) is 11.6 Å². The van der Waals surface area contributed by atoms with Crippen LogP contribution in [0.25, 0.3) is 0 Å². The standard InChI is InChI=1S/C18H16ClNO7/c1-23-14-7-15(24-2)12(6-11(14)19)20-17(21)8-25-18(22)10-3-4-13-16(5-10)27-9-26-13/h3-7H,8-9H2,1-2H3,(H,20,21). The lowest BCUT2D eigenvalue weighted by Crippen LogP contribution is -2.21. The molecule has 0 atom stereocenters. The summed E-state index contributed by atoms with van der Waals surface area (Å²) in [4.78, 5) is 24.2. The van der Waals surface area contributed by atoms with Crippen molar-refractivity contribution < 1.29 is 33.3 Å². The monoisotopic (exact) mass is 393 g/mol. The molecule has 1 aliphatic heterocycles. The number of carbonyl (C=O) groups excluding carboxylic acids is 2. The zero-order valence-electron chi connectivity index (χ0n) is 14.5. The average Bonchev–Trinajstić information content (AvgIpc) is 3.14. The van der Waals surface area contributed by atoms with Crippen LogP contribution in [-0.2, 0) is 9.53 Å². The van der Waals surface area contributed by atoms with E-state index in [0.29, 0.717) is 33.7 Å². The molecule has 0 bridgehead atoms. The highest BCUT2D eigenvalue weighted by Gasteiger charge is 2.18. The summed E-state index contributed by atoms with van der Waals surface area (Å²) in [5, 5.41) is 2.87. The fourth-order valence-electron chi connectivity index (χ4n) is 2.38. The number of rotatable bonds is 6. The van der Waals surface area contributed by atoms with Gasteiger partial charge in [-0.3, -0.25) is 4.79 Å². The Morgan fingerprint density at radius 2 is 1.81 bits per heavy atom. The summed E-state index contributed by atoms with van der Waals surface area (Å²) in [5.41, 5.74) is 0.574. The quantitative estimate of drug-likeness (QED) is 0.754. The number of esters is 1. The molecule has 0 aliphatic carbocycles. The molecule has 0 radical (unpaired) electrons. The highest BCUT2D eigenvalue weighted by Crippen LogP contribution is 2.36. The minimum atomic E-state index is -0.664. The van der Waals surface area contributed by atoms with Crippen LogP contribution >= 0.6 is 11.6 Å². The number of hydrogen-bond donors (Lipinski definition) is 1. The van der Waals surface area contributed by atoms with E-state index in [-0.39, 0.29) is 12.4 Å². The third-order valence-corrected chi connectivity index (χ3v) is 3.99. The molecule has 1 heterocycles. The maximum Gasteiger partial charge on any atom is 0.338 e. The normalized spacial score (nSPS) is 11.7. The minimum Gasteiger partial charge on any atom is -0.495 e. The maximum atomic E-state index is 12.1. The summed E-state index contributed by atoms with van der Waals surface area (Å²) >= 11 is 6.06. The van der Waals surface area contributed by atoms with Crippen molar-refractivity contribution in [2.75, 3.05) is 32.9 Å². The molecule has 27 heavy (non-hydrogen) atoms. The molecule has 2 aromatic rings. The Hall–Kier alpha value is -3.13. The molecule has 0 saturated carbocycles. The lowest BCUT2D eigenvalue weighted by Gasteiger charge is -2.13. The molecule has 0 spiro atoms. The molecule has 1 amide bonds. The van der Waals surface area contributed by atoms with E-state index in [4.69, 9.17) is 35.3 Å². The van der Waals surface area contributed by atoms with Crippen LogP contribution in [-0.4, -0.2) is 39.5 Å². The fraction of sp³-hybridized carbons (Fsp3) is 0.222. The molecule has 0 unspecified atom stereocenters. The van der Waals surface area contributed by atoms with Crippen molar-refractivity contribution in [1.82, 2.24) is 0 Å². The first kappa shape index (κ1) is 18.7. The van der Waals surface area contributed by atoms with E-state index >= 15 is 0 Å². The Bertz CT molecular complexity index is 884. The van der Waals surface area contributed by atoms with Crippen molar-refractivity contribution in [3.8, 4) is 23.0 Å². The van der Waals surface area contributed by atoms with Crippen molar-refractivity contribution in [3.05, 3.63) is 40.9 Å². The second kappa shape index (κ2) is 8.05. The van der Waals surface area contributed by atoms with Crippen molar-refractivity contribution in [1.29, 1.82) is 0 Å². The SMILES string of the molecule is COc1cc(OC)c(NC(=O)COC(=O)c2ccc3c(c2)OCO3)cc1Cl. The minimum absolute atomic E-state index is 0.0997. The van der Waals surface area contributed by atoms with Crippen molar-refractivity contribution in [2.45, 2.75) is 0 Å². The first-order valence-corrected chi connectivity index (χ1v) is 8.17. The van der Waals surface area contributed by atoms with Crippen LogP contribution < -0.4 is 24.3 Å². The van der Waals surface area contributed by atoms with Crippen LogP contribution in [0, 0.1) is 0 Å². The van der Waals surface area contributed by atoms with Gasteiger partial charge in [0.25, 0.3) is 5.91 Å². The third-order valence-electron chi connectivity index (χ3n) is 3.69. The van der Waals surface area contributed by atoms with Gasteiger partial charge in [-0.05, 0) is 24.3 Å². The first-order valence-electron chi connectivity index (χ1n) is 7.80. The Kier molecular flexibility index (Phi) is 5.56. The smallest absolute Gasteiger partial charge is 0.338 e. The number of methoxy groups -OCH3 is 2. The molecular formula is C18H16ClNO7. The number of amides is 1. The van der Waals surface area contributed by atoms with Crippen molar-refractivity contribution >= 4 is 29.2 Å². The molecular weight excluding hydrogens is 378 g/mol. The van der Waals surface area contributed by atoms with Crippen LogP contribution in [0.4, 0.5) is 5.69 Å². The summed E-state index contributed by atoms with van der Waals surface area (Å²) in [6.07, 6.45) is 0. The highest BCUT2D eigenvalue weighted by atomic mass is 35.5. The predicted molar refractivity (Wildman–Crippen MR) is 96.0 cm³/mol. The second-order valence-corrected chi connectivity index (χ2v) is 5.79. The van der Waals surface area contributed by atoms with Crippen molar-refractivity contribution in [3.63, 3.8) is 0 Å². The number of benzene rings is 2. The number of halogens is 1. The Morgan fingerprint density at radius 3 is 2.56 bits per heavy atom. The largest absolute Gasteiger partial charge is 0.495 e. The summed E-state index contributed by atoms with van der Waals surface area (Å²) in [6.45, 7) is -0.386. The van der Waals surface area contributed by atoms with Crippen molar-refractivity contribution in [2.24, 2.45) is 0 Å². The summed E-state index contributed by atoms with van der Waals surface area (Å²) in [6, 6.07) is 7.64. The Morgan fingerprint density at radius 1 is 1.07 bits per heavy atom. The molecule has 1 N–H and O–H groups in total. The zero-order chi connectivity index (χ0) is 19.4. The van der Waals surface area contributed by atoms with Crippen LogP contribution in [0.15, 0.2) is 30.3 Å². The van der Waals surface area contributed by atoms with E-state index in [2.05, 4.69) is 5.32 Å². The van der Waals surface area contributed by atoms with Crippen LogP contribution in [0.2, 0.25) is 5.02 Å². The number of fused-ring (bicyclic) bond motifs is 1. The van der Waals surface area contributed by atoms with E-state index in [9.17, 15) is 9.59 Å². The van der Waals surface area contributed by atoms with Gasteiger partial charge >= 0.3 is 5.97 Å². The van der Waals surface area contributed by atoms with E-state index in [1.807, 2.05) is 0 Å². The second-order valence-electron chi connectivity index (χ2n) is 5.38. The number of ether oxygens (including phenoxy) is 5. The predicted octanol–water partition coefficient (Wildman–Crippen LogP) is 2.88. The zero-order valence-corrected chi connectivity index (χ0v) is 15.3. The van der Waals surface area contributed by atoms with Crippen LogP contribution in [0.1, 0.15) is 10.4 Å². The van der Waals surface area contributed by atoms with Gasteiger partial charge in [-0.2, -0.15) is 0 Å². The number of hydrogen-bond acceptors (Lipinski definition) is 7. The average molecular weight is 394 g/mol. The van der Waals surface area contributed by atoms with Crippen LogP contribution in [0.5, 0.6) is 23.0 Å². The molecule has 3 rings (SSSR count). The number of nitrogens with one attached hydrogen (secondary N) is 1. The van der Waals surface area contributed by atoms with Gasteiger partial charge in [-0.25, -0.2) is 4.79 Å². The van der Waals surface area contributed by atoms with E-state index in [0.717, 1.165) is 0 Å². The molecule has 9 heteroatoms. The lowest BCUT2D eigenvalue weighted by molar-refractivity contribution is -0.119. The van der Waals surface area contributed by atoms with Gasteiger partial charge in [0.1, 0.15) is 11.5 Å². The fourth-order valence-corrected chi connectivity index (χ4v) is 2.62. The Labute approximate surface area is 159 Å². The van der Waals surface area contributed by atoms with Gasteiger partial charge in [-0.15, -0.1) is 0 Å². The van der Waals surface area contributed by atoms with Gasteiger partial charge < -0.3 is 29.0 Å². The molecule has 2 aromatic carbocycles. The Balaban J connectivity index is 1.61. The third kappa shape index (κ3) is 4.17. The maximum absolute atomic E-state index is 12.1. The molecule has 8 nitrogen and oxygen atoms in total. The molecule has 0 aromatic heterocycles. The highest BCUT2D eigenvalue weighted by molar-refractivity contribution is 6.32. The van der Waals surface area contributed by atoms with Gasteiger partial charge in [0.15, 0.2) is 18.1 Å². The van der Waals surface area contributed by atoms with E-state index < -0.39 is 18.5 Å². The first-order chi connectivity index (χ1) is 13.0. The number of carbonyl (C=O) groups is 2. The van der Waals surface area contributed by atoms with Gasteiger partial charge in [0, 0.05) is 6.07 Å². The number of anilines is 1. The molecule has 142 valence electrons. The topological polar surface area (TPSA) is 92.3 Å². The molecule has 1 aliphatic rings.